The minimum atomic E-state index is -0.358. The molecule has 1 fully saturated rings. The van der Waals surface area contributed by atoms with Gasteiger partial charge in [0.1, 0.15) is 17.6 Å². The number of amides is 1. The smallest absolute Gasteiger partial charge is 0.244 e. The molecule has 0 bridgehead atoms. The number of rotatable bonds is 4. The lowest BCUT2D eigenvalue weighted by atomic mass is 10.2. The molecule has 0 spiro atoms. The van der Waals surface area contributed by atoms with Gasteiger partial charge in [-0.05, 0) is 39.7 Å². The lowest BCUT2D eigenvalue weighted by Gasteiger charge is -2.20. The van der Waals surface area contributed by atoms with E-state index in [1.165, 1.54) is 12.4 Å². The Labute approximate surface area is 129 Å². The molecule has 0 radical (unpaired) electrons. The Balaban J connectivity index is 1.88. The standard InChI is InChI=1S/C16H20N4O2/c1-16(2,3)22-15-13-10(8-17-14(13)18-9-19-15)4-7-12(21)20-11-5-6-11/h4,7-9,11H,5-6H2,1-3H3,(H,20,21)(H,17,18,19). The summed E-state index contributed by atoms with van der Waals surface area (Å²) < 4.78 is 5.89. The van der Waals surface area contributed by atoms with E-state index in [9.17, 15) is 4.79 Å². The molecule has 116 valence electrons. The van der Waals surface area contributed by atoms with E-state index < -0.39 is 0 Å². The van der Waals surface area contributed by atoms with E-state index in [2.05, 4.69) is 20.3 Å². The second-order valence-electron chi connectivity index (χ2n) is 6.48. The molecule has 3 rings (SSSR count). The molecular formula is C16H20N4O2. The summed E-state index contributed by atoms with van der Waals surface area (Å²) in [5.74, 6) is 0.438. The van der Waals surface area contributed by atoms with Crippen LogP contribution in [0.5, 0.6) is 5.88 Å². The molecule has 6 heteroatoms. The van der Waals surface area contributed by atoms with Gasteiger partial charge in [0.05, 0.1) is 5.39 Å². The van der Waals surface area contributed by atoms with E-state index in [1.807, 2.05) is 20.8 Å². The Morgan fingerprint density at radius 3 is 2.86 bits per heavy atom. The van der Waals surface area contributed by atoms with Crippen LogP contribution in [-0.4, -0.2) is 32.5 Å². The summed E-state index contributed by atoms with van der Waals surface area (Å²) in [6.07, 6.45) is 8.71. The number of carbonyl (C=O) groups excluding carboxylic acids is 1. The van der Waals surface area contributed by atoms with Crippen molar-refractivity contribution in [3.63, 3.8) is 0 Å². The second kappa shape index (κ2) is 5.44. The van der Waals surface area contributed by atoms with Crippen LogP contribution in [0.4, 0.5) is 0 Å². The molecule has 0 aliphatic heterocycles. The Morgan fingerprint density at radius 2 is 2.18 bits per heavy atom. The van der Waals surface area contributed by atoms with Crippen LogP contribution in [0, 0.1) is 0 Å². The van der Waals surface area contributed by atoms with Crippen LogP contribution in [0.3, 0.4) is 0 Å². The highest BCUT2D eigenvalue weighted by Crippen LogP contribution is 2.28. The number of aromatic amines is 1. The minimum Gasteiger partial charge on any atom is -0.471 e. The number of nitrogens with one attached hydrogen (secondary N) is 2. The molecular weight excluding hydrogens is 280 g/mol. The molecule has 0 saturated heterocycles. The van der Waals surface area contributed by atoms with Crippen molar-refractivity contribution in [2.45, 2.75) is 45.3 Å². The van der Waals surface area contributed by atoms with Crippen LogP contribution in [0.2, 0.25) is 0 Å². The number of aromatic nitrogens is 3. The van der Waals surface area contributed by atoms with Gasteiger partial charge in [-0.15, -0.1) is 0 Å². The molecule has 2 aromatic rings. The molecule has 2 N–H and O–H groups in total. The van der Waals surface area contributed by atoms with Crippen molar-refractivity contribution in [3.05, 3.63) is 24.2 Å². The topological polar surface area (TPSA) is 79.9 Å². The van der Waals surface area contributed by atoms with E-state index in [0.29, 0.717) is 17.6 Å². The average molecular weight is 300 g/mol. The van der Waals surface area contributed by atoms with Gasteiger partial charge < -0.3 is 15.0 Å². The summed E-state index contributed by atoms with van der Waals surface area (Å²) in [5, 5.41) is 3.70. The summed E-state index contributed by atoms with van der Waals surface area (Å²) in [4.78, 5) is 23.3. The minimum absolute atomic E-state index is 0.0769. The molecule has 2 aromatic heterocycles. The van der Waals surface area contributed by atoms with Gasteiger partial charge in [-0.25, -0.2) is 9.97 Å². The SMILES string of the molecule is CC(C)(C)Oc1ncnc2[nH]cc(C=CC(=O)NC3CC3)c12. The van der Waals surface area contributed by atoms with Crippen molar-refractivity contribution < 1.29 is 9.53 Å². The Bertz CT molecular complexity index is 723. The van der Waals surface area contributed by atoms with Crippen LogP contribution in [0.1, 0.15) is 39.2 Å². The van der Waals surface area contributed by atoms with Gasteiger partial charge in [-0.3, -0.25) is 4.79 Å². The zero-order chi connectivity index (χ0) is 15.7. The normalized spacial score (nSPS) is 15.4. The number of nitrogens with zero attached hydrogens (tertiary/aromatic N) is 2. The number of hydrogen-bond donors (Lipinski definition) is 2. The van der Waals surface area contributed by atoms with Gasteiger partial charge in [-0.1, -0.05) is 0 Å². The molecule has 1 aliphatic carbocycles. The quantitative estimate of drug-likeness (QED) is 0.850. The molecule has 2 heterocycles. The van der Waals surface area contributed by atoms with Crippen LogP contribution in [0.25, 0.3) is 17.1 Å². The molecule has 6 nitrogen and oxygen atoms in total. The largest absolute Gasteiger partial charge is 0.471 e. The number of fused-ring (bicyclic) bond motifs is 1. The summed E-state index contributed by atoms with van der Waals surface area (Å²) in [5.41, 5.74) is 1.17. The maximum atomic E-state index is 11.8. The molecule has 1 saturated carbocycles. The van der Waals surface area contributed by atoms with Gasteiger partial charge in [0.25, 0.3) is 0 Å². The summed E-state index contributed by atoms with van der Waals surface area (Å²) in [6, 6.07) is 0.350. The molecule has 1 amide bonds. The van der Waals surface area contributed by atoms with Crippen LogP contribution in [0.15, 0.2) is 18.6 Å². The number of H-pyrrole nitrogens is 1. The summed E-state index contributed by atoms with van der Waals surface area (Å²) in [6.45, 7) is 5.89. The Morgan fingerprint density at radius 1 is 1.41 bits per heavy atom. The van der Waals surface area contributed by atoms with E-state index in [0.717, 1.165) is 23.8 Å². The van der Waals surface area contributed by atoms with Crippen molar-refractivity contribution >= 4 is 23.0 Å². The third kappa shape index (κ3) is 3.44. The first kappa shape index (κ1) is 14.6. The third-order valence-electron chi connectivity index (χ3n) is 3.21. The Hall–Kier alpha value is -2.37. The highest BCUT2D eigenvalue weighted by atomic mass is 16.5. The van der Waals surface area contributed by atoms with E-state index in [1.54, 1.807) is 12.3 Å². The predicted molar refractivity (Wildman–Crippen MR) is 84.5 cm³/mol. The van der Waals surface area contributed by atoms with Crippen molar-refractivity contribution in [2.75, 3.05) is 0 Å². The monoisotopic (exact) mass is 300 g/mol. The number of ether oxygens (including phenoxy) is 1. The van der Waals surface area contributed by atoms with Crippen molar-refractivity contribution in [1.29, 1.82) is 0 Å². The fourth-order valence-corrected chi connectivity index (χ4v) is 2.10. The molecule has 0 atom stereocenters. The zero-order valence-corrected chi connectivity index (χ0v) is 13.0. The van der Waals surface area contributed by atoms with E-state index >= 15 is 0 Å². The van der Waals surface area contributed by atoms with Gasteiger partial charge >= 0.3 is 0 Å². The first-order chi connectivity index (χ1) is 10.4. The fraction of sp³-hybridized carbons (Fsp3) is 0.438. The molecule has 1 aliphatic rings. The van der Waals surface area contributed by atoms with Crippen molar-refractivity contribution in [2.24, 2.45) is 0 Å². The van der Waals surface area contributed by atoms with Gasteiger partial charge in [0.2, 0.25) is 11.8 Å². The summed E-state index contributed by atoms with van der Waals surface area (Å²) >= 11 is 0. The van der Waals surface area contributed by atoms with Gasteiger partial charge in [0, 0.05) is 23.9 Å². The van der Waals surface area contributed by atoms with Crippen LogP contribution < -0.4 is 10.1 Å². The molecule has 0 unspecified atom stereocenters. The second-order valence-corrected chi connectivity index (χ2v) is 6.48. The number of carbonyl (C=O) groups is 1. The molecule has 0 aromatic carbocycles. The van der Waals surface area contributed by atoms with Crippen molar-refractivity contribution in [3.8, 4) is 5.88 Å². The van der Waals surface area contributed by atoms with Gasteiger partial charge in [0.15, 0.2) is 0 Å². The van der Waals surface area contributed by atoms with Crippen LogP contribution in [-0.2, 0) is 4.79 Å². The van der Waals surface area contributed by atoms with Crippen molar-refractivity contribution in [1.82, 2.24) is 20.3 Å². The zero-order valence-electron chi connectivity index (χ0n) is 13.0. The predicted octanol–water partition coefficient (Wildman–Crippen LogP) is 2.43. The average Bonchev–Trinajstić information content (AvgIpc) is 3.13. The third-order valence-corrected chi connectivity index (χ3v) is 3.21. The Kier molecular flexibility index (Phi) is 3.60. The highest BCUT2D eigenvalue weighted by Gasteiger charge is 2.22. The van der Waals surface area contributed by atoms with E-state index in [-0.39, 0.29) is 11.5 Å². The maximum absolute atomic E-state index is 11.8. The lowest BCUT2D eigenvalue weighted by Crippen LogP contribution is -2.23. The lowest BCUT2D eigenvalue weighted by molar-refractivity contribution is -0.116. The molecule has 22 heavy (non-hydrogen) atoms. The first-order valence-corrected chi connectivity index (χ1v) is 7.42. The first-order valence-electron chi connectivity index (χ1n) is 7.42. The van der Waals surface area contributed by atoms with Crippen LogP contribution >= 0.6 is 0 Å². The van der Waals surface area contributed by atoms with E-state index in [4.69, 9.17) is 4.74 Å². The summed E-state index contributed by atoms with van der Waals surface area (Å²) in [7, 11) is 0. The fourth-order valence-electron chi connectivity index (χ4n) is 2.10. The van der Waals surface area contributed by atoms with Gasteiger partial charge in [-0.2, -0.15) is 0 Å². The maximum Gasteiger partial charge on any atom is 0.244 e. The number of hydrogen-bond acceptors (Lipinski definition) is 4. The highest BCUT2D eigenvalue weighted by molar-refractivity contribution is 5.97.